The molecule has 0 aliphatic heterocycles. The standard InChI is InChI=1S/C54H36N2S/c1-4-15-37(16-5-1)40-33-41(38-17-6-2-7-18-38)35-45(34-40)55(44-31-32-53-49(36-44)47-21-11-13-26-52(47)57-53)43-29-27-39(28-30-43)46-23-14-25-51-54(46)48-22-10-12-24-50(48)56(51)42-19-8-3-9-20-42/h1-36H. The van der Waals surface area contributed by atoms with Crippen LogP contribution in [0.4, 0.5) is 17.1 Å². The number of para-hydroxylation sites is 2. The Morgan fingerprint density at radius 1 is 0.333 bits per heavy atom. The van der Waals surface area contributed by atoms with Gasteiger partial charge in [-0.15, -0.1) is 11.3 Å². The van der Waals surface area contributed by atoms with Crippen LogP contribution < -0.4 is 4.90 Å². The first kappa shape index (κ1) is 33.2. The van der Waals surface area contributed by atoms with Gasteiger partial charge in [0.25, 0.3) is 0 Å². The van der Waals surface area contributed by atoms with E-state index in [1.807, 2.05) is 11.3 Å². The number of rotatable bonds is 7. The van der Waals surface area contributed by atoms with Crippen molar-refractivity contribution in [1.29, 1.82) is 0 Å². The third-order valence-corrected chi connectivity index (χ3v) is 12.3. The van der Waals surface area contributed by atoms with Gasteiger partial charge in [0.05, 0.1) is 11.0 Å². The fourth-order valence-electron chi connectivity index (χ4n) is 8.54. The van der Waals surface area contributed by atoms with Gasteiger partial charge in [-0.3, -0.25) is 0 Å². The van der Waals surface area contributed by atoms with Gasteiger partial charge in [-0.05, 0) is 112 Å². The van der Waals surface area contributed by atoms with Crippen LogP contribution in [0.25, 0.3) is 81.0 Å². The number of anilines is 3. The lowest BCUT2D eigenvalue weighted by Crippen LogP contribution is -2.10. The maximum absolute atomic E-state index is 2.43. The van der Waals surface area contributed by atoms with Gasteiger partial charge in [0, 0.05) is 53.7 Å². The molecule has 0 amide bonds. The lowest BCUT2D eigenvalue weighted by Gasteiger charge is -2.27. The Labute approximate surface area is 335 Å². The molecular formula is C54H36N2S. The molecule has 0 aliphatic rings. The van der Waals surface area contributed by atoms with Crippen LogP contribution in [-0.4, -0.2) is 4.57 Å². The van der Waals surface area contributed by atoms with Crippen molar-refractivity contribution in [2.24, 2.45) is 0 Å². The third kappa shape index (κ3) is 5.80. The Kier molecular flexibility index (Phi) is 8.04. The second-order valence-corrected chi connectivity index (χ2v) is 15.6. The van der Waals surface area contributed by atoms with Gasteiger partial charge in [-0.1, -0.05) is 140 Å². The summed E-state index contributed by atoms with van der Waals surface area (Å²) < 4.78 is 4.99. The highest BCUT2D eigenvalue weighted by Gasteiger charge is 2.19. The molecule has 0 saturated carbocycles. The van der Waals surface area contributed by atoms with E-state index in [1.54, 1.807) is 0 Å². The summed E-state index contributed by atoms with van der Waals surface area (Å²) in [5.41, 5.74) is 14.0. The first-order valence-corrected chi connectivity index (χ1v) is 20.2. The number of nitrogens with zero attached hydrogens (tertiary/aromatic N) is 2. The zero-order chi connectivity index (χ0) is 37.7. The van der Waals surface area contributed by atoms with Crippen molar-refractivity contribution in [1.82, 2.24) is 4.57 Å². The molecule has 11 rings (SSSR count). The van der Waals surface area contributed by atoms with Gasteiger partial charge in [-0.2, -0.15) is 0 Å². The summed E-state index contributed by atoms with van der Waals surface area (Å²) in [5, 5.41) is 5.08. The maximum atomic E-state index is 2.43. The summed E-state index contributed by atoms with van der Waals surface area (Å²) in [6, 6.07) is 79.4. The Balaban J connectivity index is 1.11. The Morgan fingerprint density at radius 2 is 0.912 bits per heavy atom. The molecule has 57 heavy (non-hydrogen) atoms. The Morgan fingerprint density at radius 3 is 1.63 bits per heavy atom. The number of fused-ring (bicyclic) bond motifs is 6. The largest absolute Gasteiger partial charge is 0.310 e. The smallest absolute Gasteiger partial charge is 0.0547 e. The molecule has 0 fully saturated rings. The lowest BCUT2D eigenvalue weighted by molar-refractivity contribution is 1.18. The van der Waals surface area contributed by atoms with Crippen LogP contribution in [0.15, 0.2) is 218 Å². The Hall–Kier alpha value is -7.20. The second-order valence-electron chi connectivity index (χ2n) is 14.5. The molecule has 0 saturated heterocycles. The monoisotopic (exact) mass is 744 g/mol. The summed E-state index contributed by atoms with van der Waals surface area (Å²) in [4.78, 5) is 2.43. The number of thiophene rings is 1. The molecule has 2 aromatic heterocycles. The molecule has 2 heterocycles. The highest BCUT2D eigenvalue weighted by atomic mass is 32.1. The fraction of sp³-hybridized carbons (Fsp3) is 0. The molecule has 268 valence electrons. The predicted octanol–water partition coefficient (Wildman–Crippen LogP) is 15.6. The normalized spacial score (nSPS) is 11.5. The van der Waals surface area contributed by atoms with Crippen LogP contribution in [0, 0.1) is 0 Å². The van der Waals surface area contributed by atoms with Crippen LogP contribution in [0.2, 0.25) is 0 Å². The molecular weight excluding hydrogens is 709 g/mol. The molecule has 0 radical (unpaired) electrons. The summed E-state index contributed by atoms with van der Waals surface area (Å²) in [6.45, 7) is 0. The fourth-order valence-corrected chi connectivity index (χ4v) is 9.63. The molecule has 2 nitrogen and oxygen atoms in total. The van der Waals surface area contributed by atoms with E-state index in [0.29, 0.717) is 0 Å². The van der Waals surface area contributed by atoms with E-state index in [0.717, 1.165) is 22.7 Å². The van der Waals surface area contributed by atoms with Crippen LogP contribution in [0.1, 0.15) is 0 Å². The number of aromatic nitrogens is 1. The predicted molar refractivity (Wildman–Crippen MR) is 245 cm³/mol. The van der Waals surface area contributed by atoms with E-state index in [-0.39, 0.29) is 0 Å². The van der Waals surface area contributed by atoms with Gasteiger partial charge < -0.3 is 9.47 Å². The summed E-state index contributed by atoms with van der Waals surface area (Å²) in [5.74, 6) is 0. The lowest BCUT2D eigenvalue weighted by atomic mass is 9.96. The van der Waals surface area contributed by atoms with Crippen molar-refractivity contribution in [3.8, 4) is 39.1 Å². The van der Waals surface area contributed by atoms with Crippen molar-refractivity contribution in [2.75, 3.05) is 4.90 Å². The topological polar surface area (TPSA) is 8.17 Å². The minimum absolute atomic E-state index is 1.10. The zero-order valence-electron chi connectivity index (χ0n) is 31.1. The van der Waals surface area contributed by atoms with E-state index in [2.05, 4.69) is 228 Å². The molecule has 0 N–H and O–H groups in total. The SMILES string of the molecule is c1ccc(-c2cc(-c3ccccc3)cc(N(c3ccc(-c4cccc5c4c4ccccc4n5-c4ccccc4)cc3)c3ccc4sc5ccccc5c4c3)c2)cc1. The van der Waals surface area contributed by atoms with E-state index >= 15 is 0 Å². The number of hydrogen-bond donors (Lipinski definition) is 0. The third-order valence-electron chi connectivity index (χ3n) is 11.2. The number of hydrogen-bond acceptors (Lipinski definition) is 2. The van der Waals surface area contributed by atoms with Crippen LogP contribution in [0.5, 0.6) is 0 Å². The van der Waals surface area contributed by atoms with Gasteiger partial charge in [0.2, 0.25) is 0 Å². The van der Waals surface area contributed by atoms with Gasteiger partial charge in [-0.25, -0.2) is 0 Å². The van der Waals surface area contributed by atoms with Crippen molar-refractivity contribution < 1.29 is 0 Å². The molecule has 9 aromatic carbocycles. The highest BCUT2D eigenvalue weighted by Crippen LogP contribution is 2.44. The van der Waals surface area contributed by atoms with Crippen LogP contribution >= 0.6 is 11.3 Å². The van der Waals surface area contributed by atoms with E-state index in [1.165, 1.54) is 75.4 Å². The van der Waals surface area contributed by atoms with Gasteiger partial charge >= 0.3 is 0 Å². The Bertz CT molecular complexity index is 3160. The summed E-state index contributed by atoms with van der Waals surface area (Å²) >= 11 is 1.85. The second kappa shape index (κ2) is 13.8. The molecule has 0 spiro atoms. The minimum Gasteiger partial charge on any atom is -0.310 e. The maximum Gasteiger partial charge on any atom is 0.0547 e. The molecule has 0 bridgehead atoms. The van der Waals surface area contributed by atoms with Crippen molar-refractivity contribution in [2.45, 2.75) is 0 Å². The van der Waals surface area contributed by atoms with Crippen LogP contribution in [-0.2, 0) is 0 Å². The molecule has 0 unspecified atom stereocenters. The average molecular weight is 745 g/mol. The minimum atomic E-state index is 1.10. The molecule has 11 aromatic rings. The molecule has 0 atom stereocenters. The first-order valence-electron chi connectivity index (χ1n) is 19.4. The highest BCUT2D eigenvalue weighted by molar-refractivity contribution is 7.25. The van der Waals surface area contributed by atoms with Gasteiger partial charge in [0.1, 0.15) is 0 Å². The quantitative estimate of drug-likeness (QED) is 0.158. The van der Waals surface area contributed by atoms with E-state index in [4.69, 9.17) is 0 Å². The van der Waals surface area contributed by atoms with Crippen molar-refractivity contribution in [3.63, 3.8) is 0 Å². The average Bonchev–Trinajstić information content (AvgIpc) is 3.83. The van der Waals surface area contributed by atoms with E-state index in [9.17, 15) is 0 Å². The first-order chi connectivity index (χ1) is 28.3. The zero-order valence-corrected chi connectivity index (χ0v) is 31.9. The molecule has 3 heteroatoms. The van der Waals surface area contributed by atoms with E-state index < -0.39 is 0 Å². The summed E-state index contributed by atoms with van der Waals surface area (Å²) in [6.07, 6.45) is 0. The van der Waals surface area contributed by atoms with Crippen molar-refractivity contribution in [3.05, 3.63) is 218 Å². The van der Waals surface area contributed by atoms with Gasteiger partial charge in [0.15, 0.2) is 0 Å². The van der Waals surface area contributed by atoms with Crippen molar-refractivity contribution >= 4 is 70.4 Å². The molecule has 0 aliphatic carbocycles. The number of benzene rings is 9. The summed E-state index contributed by atoms with van der Waals surface area (Å²) in [7, 11) is 0. The van der Waals surface area contributed by atoms with Crippen LogP contribution in [0.3, 0.4) is 0 Å².